The molecule has 2 nitrogen and oxygen atoms in total. The highest BCUT2D eigenvalue weighted by atomic mass is 31.1. The normalized spacial score (nSPS) is 18.2. The molecule has 0 spiro atoms. The van der Waals surface area contributed by atoms with Gasteiger partial charge in [0.15, 0.2) is 5.30 Å². The number of benzene rings is 1. The van der Waals surface area contributed by atoms with Crippen LogP contribution in [0.1, 0.15) is 10.4 Å². The number of amides is 1. The van der Waals surface area contributed by atoms with Gasteiger partial charge in [-0.3, -0.25) is 4.79 Å². The van der Waals surface area contributed by atoms with Crippen molar-refractivity contribution in [2.75, 3.05) is 7.05 Å². The molecule has 0 saturated heterocycles. The van der Waals surface area contributed by atoms with Crippen LogP contribution in [-0.2, 0) is 0 Å². The molecule has 3 heteroatoms. The van der Waals surface area contributed by atoms with Gasteiger partial charge in [-0.2, -0.15) is 4.67 Å². The highest BCUT2D eigenvalue weighted by molar-refractivity contribution is 7.63. The fourth-order valence-electron chi connectivity index (χ4n) is 1.33. The Labute approximate surface area is 72.3 Å². The average molecular weight is 178 g/mol. The molecule has 1 aromatic carbocycles. The fourth-order valence-corrected chi connectivity index (χ4v) is 2.68. The van der Waals surface area contributed by atoms with E-state index >= 15 is 0 Å². The number of carbonyl (C=O) groups is 1. The largest absolute Gasteiger partial charge is 0.295 e. The number of fused-ring (bicyclic) bond motifs is 1. The maximum Gasteiger partial charge on any atom is 0.295 e. The third kappa shape index (κ3) is 0.819. The lowest BCUT2D eigenvalue weighted by Crippen LogP contribution is -2.12. The number of hydrogen-bond acceptors (Lipinski definition) is 1. The van der Waals surface area contributed by atoms with Crippen molar-refractivity contribution in [3.05, 3.63) is 29.8 Å². The number of rotatable bonds is 0. The molecule has 1 aliphatic heterocycles. The summed E-state index contributed by atoms with van der Waals surface area (Å²) < 4.78 is 1.72. The van der Waals surface area contributed by atoms with Crippen LogP contribution in [0.2, 0.25) is 0 Å². The minimum atomic E-state index is -0.648. The Balaban J connectivity index is 2.67. The van der Waals surface area contributed by atoms with Gasteiger partial charge >= 0.3 is 0 Å². The zero-order valence-corrected chi connectivity index (χ0v) is 7.71. The zero-order chi connectivity index (χ0) is 8.72. The summed E-state index contributed by atoms with van der Waals surface area (Å²) in [4.78, 5) is 11.5. The Kier molecular flexibility index (Phi) is 1.52. The molecule has 0 saturated carbocycles. The van der Waals surface area contributed by atoms with Crippen molar-refractivity contribution in [1.82, 2.24) is 4.67 Å². The first kappa shape index (κ1) is 7.51. The first-order valence-corrected chi connectivity index (χ1v) is 5.17. The smallest absolute Gasteiger partial charge is 0.265 e. The average Bonchev–Trinajstić information content (AvgIpc) is 2.33. The molecular weight excluding hydrogens is 169 g/mol. The van der Waals surface area contributed by atoms with Crippen LogP contribution in [-0.4, -0.2) is 23.9 Å². The second kappa shape index (κ2) is 2.43. The first-order chi connectivity index (χ1) is 5.72. The minimum Gasteiger partial charge on any atom is -0.265 e. The molecule has 2 rings (SSSR count). The van der Waals surface area contributed by atoms with Crippen LogP contribution in [0.15, 0.2) is 24.3 Å². The zero-order valence-electron chi connectivity index (χ0n) is 6.82. The second-order valence-corrected chi connectivity index (χ2v) is 4.63. The molecule has 0 N–H and O–H groups in total. The summed E-state index contributed by atoms with van der Waals surface area (Å²) in [7, 11) is 1.16. The Morgan fingerprint density at radius 3 is 2.75 bits per heavy atom. The monoisotopic (exact) mass is 178 g/mol. The van der Waals surface area contributed by atoms with E-state index < -0.39 is 7.70 Å². The van der Waals surface area contributed by atoms with Crippen LogP contribution in [0, 0.1) is 0 Å². The van der Waals surface area contributed by atoms with E-state index in [1.807, 2.05) is 24.3 Å². The molecule has 1 unspecified atom stereocenters. The molecule has 0 bridgehead atoms. The van der Waals surface area contributed by atoms with Crippen molar-refractivity contribution in [2.24, 2.45) is 0 Å². The topological polar surface area (TPSA) is 20.3 Å². The SMILES string of the molecule is C=[P+]1c2ccccc2C(=O)N1C. The second-order valence-electron chi connectivity index (χ2n) is 2.75. The lowest BCUT2D eigenvalue weighted by atomic mass is 10.2. The molecule has 0 aromatic heterocycles. The summed E-state index contributed by atoms with van der Waals surface area (Å²) in [5, 5.41) is 1.10. The Morgan fingerprint density at radius 2 is 2.08 bits per heavy atom. The third-order valence-corrected chi connectivity index (χ3v) is 3.92. The van der Waals surface area contributed by atoms with E-state index in [0.29, 0.717) is 0 Å². The lowest BCUT2D eigenvalue weighted by molar-refractivity contribution is 0.0896. The summed E-state index contributed by atoms with van der Waals surface area (Å²) in [5.74, 6) is 0.103. The summed E-state index contributed by atoms with van der Waals surface area (Å²) in [5.41, 5.74) is 0.820. The molecule has 0 aliphatic carbocycles. The van der Waals surface area contributed by atoms with Crippen molar-refractivity contribution in [3.8, 4) is 0 Å². The quantitative estimate of drug-likeness (QED) is 0.547. The summed E-state index contributed by atoms with van der Waals surface area (Å²) in [6, 6.07) is 7.68. The number of hydrogen-bond donors (Lipinski definition) is 0. The third-order valence-electron chi connectivity index (χ3n) is 2.07. The van der Waals surface area contributed by atoms with Gasteiger partial charge in [0.1, 0.15) is 6.30 Å². The van der Waals surface area contributed by atoms with Gasteiger partial charge < -0.3 is 0 Å². The number of carbonyl (C=O) groups excluding carboxylic acids is 1. The molecule has 1 aromatic rings. The molecule has 1 aliphatic rings. The van der Waals surface area contributed by atoms with Crippen molar-refractivity contribution in [1.29, 1.82) is 0 Å². The van der Waals surface area contributed by atoms with E-state index in [4.69, 9.17) is 0 Å². The first-order valence-electron chi connectivity index (χ1n) is 3.69. The van der Waals surface area contributed by atoms with Crippen molar-refractivity contribution >= 4 is 25.2 Å². The molecule has 12 heavy (non-hydrogen) atoms. The highest BCUT2D eigenvalue weighted by Gasteiger charge is 2.37. The Morgan fingerprint density at radius 1 is 1.42 bits per heavy atom. The van der Waals surface area contributed by atoms with Gasteiger partial charge in [0.25, 0.3) is 5.91 Å². The van der Waals surface area contributed by atoms with Gasteiger partial charge in [0, 0.05) is 0 Å². The highest BCUT2D eigenvalue weighted by Crippen LogP contribution is 2.33. The van der Waals surface area contributed by atoms with Gasteiger partial charge in [-0.05, 0) is 12.1 Å². The van der Waals surface area contributed by atoms with E-state index in [2.05, 4.69) is 6.30 Å². The lowest BCUT2D eigenvalue weighted by Gasteiger charge is -1.95. The molecule has 0 radical (unpaired) electrons. The fraction of sp³-hybridized carbons (Fsp3) is 0.111. The van der Waals surface area contributed by atoms with E-state index in [1.54, 1.807) is 11.7 Å². The maximum atomic E-state index is 11.5. The van der Waals surface area contributed by atoms with E-state index in [1.165, 1.54) is 0 Å². The van der Waals surface area contributed by atoms with Gasteiger partial charge in [0.05, 0.1) is 12.6 Å². The predicted molar refractivity (Wildman–Crippen MR) is 52.2 cm³/mol. The van der Waals surface area contributed by atoms with Crippen LogP contribution in [0.25, 0.3) is 0 Å². The molecule has 1 atom stereocenters. The standard InChI is InChI=1S/C9H9NOP/c1-10-9(11)7-5-3-4-6-8(7)12(10)2/h3-6H,2H2,1H3/q+1. The van der Waals surface area contributed by atoms with Crippen LogP contribution in [0.5, 0.6) is 0 Å². The van der Waals surface area contributed by atoms with E-state index in [-0.39, 0.29) is 5.91 Å². The van der Waals surface area contributed by atoms with Crippen LogP contribution < -0.4 is 5.30 Å². The molecule has 60 valence electrons. The molecular formula is C9H9NOP+. The molecule has 1 heterocycles. The summed E-state index contributed by atoms with van der Waals surface area (Å²) >= 11 is 0. The van der Waals surface area contributed by atoms with E-state index in [0.717, 1.165) is 10.9 Å². The van der Waals surface area contributed by atoms with Gasteiger partial charge in [-0.1, -0.05) is 12.1 Å². The van der Waals surface area contributed by atoms with Crippen molar-refractivity contribution < 1.29 is 4.79 Å². The van der Waals surface area contributed by atoms with Gasteiger partial charge in [-0.15, -0.1) is 0 Å². The Bertz CT molecular complexity index is 338. The van der Waals surface area contributed by atoms with Crippen molar-refractivity contribution in [3.63, 3.8) is 0 Å². The van der Waals surface area contributed by atoms with E-state index in [9.17, 15) is 4.79 Å². The Hall–Kier alpha value is -1.14. The minimum absolute atomic E-state index is 0.103. The maximum absolute atomic E-state index is 11.5. The van der Waals surface area contributed by atoms with Crippen LogP contribution in [0.3, 0.4) is 0 Å². The predicted octanol–water partition coefficient (Wildman–Crippen LogP) is 1.23. The van der Waals surface area contributed by atoms with Gasteiger partial charge in [-0.25, -0.2) is 0 Å². The molecule has 0 fully saturated rings. The van der Waals surface area contributed by atoms with Crippen LogP contribution >= 0.6 is 7.70 Å². The number of nitrogens with zero attached hydrogens (tertiary/aromatic N) is 1. The van der Waals surface area contributed by atoms with Crippen LogP contribution in [0.4, 0.5) is 0 Å². The molecule has 1 amide bonds. The summed E-state index contributed by atoms with van der Waals surface area (Å²) in [6.45, 7) is 0. The summed E-state index contributed by atoms with van der Waals surface area (Å²) in [6.07, 6.45) is 3.98. The van der Waals surface area contributed by atoms with Crippen molar-refractivity contribution in [2.45, 2.75) is 0 Å². The van der Waals surface area contributed by atoms with Gasteiger partial charge in [0.2, 0.25) is 7.70 Å².